The molecule has 6 heteroatoms. The largest absolute Gasteiger partial charge is 0.493 e. The number of allylic oxidation sites excluding steroid dienone is 2. The highest BCUT2D eigenvalue weighted by Crippen LogP contribution is 2.36. The molecule has 25 heavy (non-hydrogen) atoms. The van der Waals surface area contributed by atoms with E-state index in [2.05, 4.69) is 5.32 Å². The van der Waals surface area contributed by atoms with Crippen LogP contribution in [0, 0.1) is 17.8 Å². The van der Waals surface area contributed by atoms with Crippen molar-refractivity contribution in [3.63, 3.8) is 0 Å². The molecule has 1 fully saturated rings. The van der Waals surface area contributed by atoms with Crippen molar-refractivity contribution in [2.45, 2.75) is 19.4 Å². The maximum Gasteiger partial charge on any atom is 0.310 e. The Kier molecular flexibility index (Phi) is 5.26. The van der Waals surface area contributed by atoms with Gasteiger partial charge in [0.15, 0.2) is 11.5 Å². The summed E-state index contributed by atoms with van der Waals surface area (Å²) in [6, 6.07) is 5.51. The molecule has 0 spiro atoms. The normalized spacial score (nSPS) is 24.9. The van der Waals surface area contributed by atoms with E-state index in [1.54, 1.807) is 20.3 Å². The molecule has 3 rings (SSSR count). The lowest BCUT2D eigenvalue weighted by Gasteiger charge is -2.35. The van der Waals surface area contributed by atoms with Gasteiger partial charge in [-0.05, 0) is 36.5 Å². The van der Waals surface area contributed by atoms with Gasteiger partial charge in [-0.3, -0.25) is 9.59 Å². The predicted octanol–water partition coefficient (Wildman–Crippen LogP) is 2.08. The fourth-order valence-corrected chi connectivity index (χ4v) is 3.55. The van der Waals surface area contributed by atoms with Gasteiger partial charge in [0, 0.05) is 6.54 Å². The molecule has 2 aliphatic rings. The summed E-state index contributed by atoms with van der Waals surface area (Å²) in [4.78, 5) is 24.7. The van der Waals surface area contributed by atoms with E-state index in [0.717, 1.165) is 12.0 Å². The van der Waals surface area contributed by atoms with Crippen molar-refractivity contribution in [1.82, 2.24) is 5.32 Å². The zero-order valence-electron chi connectivity index (χ0n) is 14.5. The Balaban J connectivity index is 1.66. The molecule has 6 nitrogen and oxygen atoms in total. The number of methoxy groups -OCH3 is 2. The average Bonchev–Trinajstić information content (AvgIpc) is 2.65. The van der Waals surface area contributed by atoms with E-state index in [1.807, 2.05) is 24.3 Å². The molecule has 1 amide bonds. The van der Waals surface area contributed by atoms with Crippen LogP contribution in [0.1, 0.15) is 18.4 Å². The molecule has 1 aliphatic carbocycles. The van der Waals surface area contributed by atoms with Gasteiger partial charge in [-0.2, -0.15) is 0 Å². The Bertz CT molecular complexity index is 684. The molecular weight excluding hydrogens is 322 g/mol. The SMILES string of the molecule is COc1ccc(CNC(=O)C2CC=C[C@@H]3CCOC(=O)[C@H]23)cc1OC. The molecule has 134 valence electrons. The minimum absolute atomic E-state index is 0.104. The van der Waals surface area contributed by atoms with Gasteiger partial charge < -0.3 is 19.5 Å². The quantitative estimate of drug-likeness (QED) is 0.653. The fourth-order valence-electron chi connectivity index (χ4n) is 3.55. The van der Waals surface area contributed by atoms with Crippen molar-refractivity contribution >= 4 is 11.9 Å². The van der Waals surface area contributed by atoms with Crippen LogP contribution in [0.3, 0.4) is 0 Å². The molecule has 1 saturated heterocycles. The van der Waals surface area contributed by atoms with Crippen LogP contribution in [0.2, 0.25) is 0 Å². The molecule has 1 aromatic carbocycles. The number of nitrogens with one attached hydrogen (secondary N) is 1. The first-order valence-corrected chi connectivity index (χ1v) is 8.46. The van der Waals surface area contributed by atoms with Crippen molar-refractivity contribution < 1.29 is 23.8 Å². The minimum atomic E-state index is -0.372. The Labute approximate surface area is 147 Å². The molecule has 1 heterocycles. The molecule has 1 N–H and O–H groups in total. The summed E-state index contributed by atoms with van der Waals surface area (Å²) in [5, 5.41) is 2.93. The number of benzene rings is 1. The van der Waals surface area contributed by atoms with Crippen LogP contribution in [0.4, 0.5) is 0 Å². The molecule has 1 aromatic rings. The summed E-state index contributed by atoms with van der Waals surface area (Å²) < 4.78 is 15.7. The molecular formula is C19H23NO5. The highest BCUT2D eigenvalue weighted by molar-refractivity contribution is 5.86. The fraction of sp³-hybridized carbons (Fsp3) is 0.474. The molecule has 0 aromatic heterocycles. The van der Waals surface area contributed by atoms with Crippen LogP contribution in [0.15, 0.2) is 30.4 Å². The molecule has 1 unspecified atom stereocenters. The average molecular weight is 345 g/mol. The van der Waals surface area contributed by atoms with E-state index in [-0.39, 0.29) is 29.6 Å². The zero-order chi connectivity index (χ0) is 17.8. The van der Waals surface area contributed by atoms with E-state index < -0.39 is 0 Å². The van der Waals surface area contributed by atoms with Crippen LogP contribution < -0.4 is 14.8 Å². The summed E-state index contributed by atoms with van der Waals surface area (Å²) in [7, 11) is 3.15. The van der Waals surface area contributed by atoms with Gasteiger partial charge >= 0.3 is 5.97 Å². The summed E-state index contributed by atoms with van der Waals surface area (Å²) in [5.74, 6) is 0.243. The maximum absolute atomic E-state index is 12.6. The van der Waals surface area contributed by atoms with Crippen LogP contribution in [-0.4, -0.2) is 32.7 Å². The number of hydrogen-bond acceptors (Lipinski definition) is 5. The van der Waals surface area contributed by atoms with E-state index >= 15 is 0 Å². The second-order valence-electron chi connectivity index (χ2n) is 6.32. The molecule has 3 atom stereocenters. The van der Waals surface area contributed by atoms with Gasteiger partial charge in [0.25, 0.3) is 0 Å². The molecule has 0 saturated carbocycles. The first-order chi connectivity index (χ1) is 12.1. The van der Waals surface area contributed by atoms with Crippen LogP contribution >= 0.6 is 0 Å². The van der Waals surface area contributed by atoms with Crippen molar-refractivity contribution in [3.8, 4) is 11.5 Å². The summed E-state index contributed by atoms with van der Waals surface area (Å²) in [6.07, 6.45) is 5.39. The number of esters is 1. The molecule has 1 aliphatic heterocycles. The lowest BCUT2D eigenvalue weighted by molar-refractivity contribution is -0.161. The van der Waals surface area contributed by atoms with Crippen molar-refractivity contribution in [2.75, 3.05) is 20.8 Å². The van der Waals surface area contributed by atoms with Gasteiger partial charge in [-0.15, -0.1) is 0 Å². The van der Waals surface area contributed by atoms with Gasteiger partial charge in [0.05, 0.1) is 32.7 Å². The third-order valence-electron chi connectivity index (χ3n) is 4.89. The summed E-state index contributed by atoms with van der Waals surface area (Å²) >= 11 is 0. The minimum Gasteiger partial charge on any atom is -0.493 e. The Hall–Kier alpha value is -2.50. The number of amides is 1. The standard InChI is InChI=1S/C19H23NO5/c1-23-15-7-6-12(10-16(15)24-2)11-20-18(21)14-5-3-4-13-8-9-25-19(22)17(13)14/h3-4,6-7,10,13-14,17H,5,8-9,11H2,1-2H3,(H,20,21)/t13-,14?,17+/m1/s1. The second-order valence-corrected chi connectivity index (χ2v) is 6.32. The van der Waals surface area contributed by atoms with Crippen LogP contribution in [0.5, 0.6) is 11.5 Å². The van der Waals surface area contributed by atoms with E-state index in [9.17, 15) is 9.59 Å². The highest BCUT2D eigenvalue weighted by atomic mass is 16.5. The number of rotatable bonds is 5. The number of cyclic esters (lactones) is 1. The maximum atomic E-state index is 12.6. The zero-order valence-corrected chi connectivity index (χ0v) is 14.5. The van der Waals surface area contributed by atoms with E-state index in [0.29, 0.717) is 31.1 Å². The number of ether oxygens (including phenoxy) is 3. The monoisotopic (exact) mass is 345 g/mol. The summed E-state index contributed by atoms with van der Waals surface area (Å²) in [5.41, 5.74) is 0.903. The van der Waals surface area contributed by atoms with E-state index in [1.165, 1.54) is 0 Å². The van der Waals surface area contributed by atoms with Crippen molar-refractivity contribution in [2.24, 2.45) is 17.8 Å². The van der Waals surface area contributed by atoms with E-state index in [4.69, 9.17) is 14.2 Å². The van der Waals surface area contributed by atoms with Gasteiger partial charge in [-0.25, -0.2) is 0 Å². The smallest absolute Gasteiger partial charge is 0.310 e. The van der Waals surface area contributed by atoms with Gasteiger partial charge in [-0.1, -0.05) is 18.2 Å². The number of carbonyl (C=O) groups is 2. The van der Waals surface area contributed by atoms with Gasteiger partial charge in [0.1, 0.15) is 0 Å². The molecule has 0 radical (unpaired) electrons. The lowest BCUT2D eigenvalue weighted by atomic mass is 9.73. The first-order valence-electron chi connectivity index (χ1n) is 8.46. The van der Waals surface area contributed by atoms with Crippen molar-refractivity contribution in [1.29, 1.82) is 0 Å². The van der Waals surface area contributed by atoms with Crippen molar-refractivity contribution in [3.05, 3.63) is 35.9 Å². The Morgan fingerprint density at radius 3 is 2.84 bits per heavy atom. The lowest BCUT2D eigenvalue weighted by Crippen LogP contribution is -2.45. The number of fused-ring (bicyclic) bond motifs is 1. The Morgan fingerprint density at radius 1 is 1.28 bits per heavy atom. The van der Waals surface area contributed by atoms with Gasteiger partial charge in [0.2, 0.25) is 5.91 Å². The predicted molar refractivity (Wildman–Crippen MR) is 91.2 cm³/mol. The summed E-state index contributed by atoms with van der Waals surface area (Å²) in [6.45, 7) is 0.802. The third kappa shape index (κ3) is 3.62. The van der Waals surface area contributed by atoms with Crippen LogP contribution in [0.25, 0.3) is 0 Å². The number of carbonyl (C=O) groups excluding carboxylic acids is 2. The topological polar surface area (TPSA) is 73.9 Å². The molecule has 0 bridgehead atoms. The first kappa shape index (κ1) is 17.3. The Morgan fingerprint density at radius 2 is 2.08 bits per heavy atom. The highest BCUT2D eigenvalue weighted by Gasteiger charge is 2.43. The second kappa shape index (κ2) is 7.59. The third-order valence-corrected chi connectivity index (χ3v) is 4.89. The van der Waals surface area contributed by atoms with Crippen LogP contribution in [-0.2, 0) is 20.9 Å². The number of hydrogen-bond donors (Lipinski definition) is 1.